The normalized spacial score (nSPS) is 10.2. The third-order valence-electron chi connectivity index (χ3n) is 2.67. The van der Waals surface area contributed by atoms with Crippen LogP contribution in [-0.4, -0.2) is 24.5 Å². The number of para-hydroxylation sites is 2. The van der Waals surface area contributed by atoms with Crippen LogP contribution in [0.15, 0.2) is 47.1 Å². The lowest BCUT2D eigenvalue weighted by atomic mass is 10.3. The molecule has 5 heteroatoms. The third kappa shape index (κ3) is 3.51. The van der Waals surface area contributed by atoms with Gasteiger partial charge in [0.25, 0.3) is 5.91 Å². The predicted octanol–water partition coefficient (Wildman–Crippen LogP) is 1.90. The molecule has 2 N–H and O–H groups in total. The molecule has 100 valence electrons. The number of hydrogen-bond donors (Lipinski definition) is 1. The van der Waals surface area contributed by atoms with Crippen LogP contribution >= 0.6 is 0 Å². The molecule has 0 spiro atoms. The highest BCUT2D eigenvalue weighted by atomic mass is 16.5. The van der Waals surface area contributed by atoms with Crippen molar-refractivity contribution in [3.63, 3.8) is 0 Å². The Morgan fingerprint density at radius 3 is 2.79 bits per heavy atom. The zero-order chi connectivity index (χ0) is 13.7. The summed E-state index contributed by atoms with van der Waals surface area (Å²) in [6, 6.07) is 10.7. The molecule has 0 aliphatic carbocycles. The van der Waals surface area contributed by atoms with Gasteiger partial charge in [0.1, 0.15) is 11.5 Å². The topological polar surface area (TPSA) is 68.7 Å². The Hall–Kier alpha value is -2.43. The maximum Gasteiger partial charge on any atom is 0.260 e. The maximum absolute atomic E-state index is 11.9. The Morgan fingerprint density at radius 1 is 1.32 bits per heavy atom. The smallest absolute Gasteiger partial charge is 0.260 e. The van der Waals surface area contributed by atoms with Crippen LogP contribution in [0.1, 0.15) is 5.76 Å². The van der Waals surface area contributed by atoms with Gasteiger partial charge in [0, 0.05) is 7.05 Å². The fraction of sp³-hybridized carbons (Fsp3) is 0.214. The molecule has 0 fully saturated rings. The van der Waals surface area contributed by atoms with Crippen LogP contribution in [0.4, 0.5) is 5.69 Å². The number of likely N-dealkylation sites (N-methyl/N-ethyl adjacent to an activating group) is 1. The van der Waals surface area contributed by atoms with E-state index in [1.54, 1.807) is 31.5 Å². The van der Waals surface area contributed by atoms with E-state index < -0.39 is 0 Å². The summed E-state index contributed by atoms with van der Waals surface area (Å²) < 4.78 is 10.6. The van der Waals surface area contributed by atoms with Gasteiger partial charge in [-0.2, -0.15) is 0 Å². The highest BCUT2D eigenvalue weighted by molar-refractivity contribution is 5.77. The molecule has 0 aliphatic rings. The highest BCUT2D eigenvalue weighted by Crippen LogP contribution is 2.19. The van der Waals surface area contributed by atoms with Crippen LogP contribution in [0.25, 0.3) is 0 Å². The number of ether oxygens (including phenoxy) is 1. The molecule has 0 unspecified atom stereocenters. The van der Waals surface area contributed by atoms with E-state index in [0.717, 1.165) is 5.76 Å². The summed E-state index contributed by atoms with van der Waals surface area (Å²) in [6.07, 6.45) is 1.58. The van der Waals surface area contributed by atoms with Gasteiger partial charge in [0.05, 0.1) is 18.5 Å². The molecule has 2 rings (SSSR count). The van der Waals surface area contributed by atoms with E-state index in [4.69, 9.17) is 14.9 Å². The Balaban J connectivity index is 1.86. The molecule has 5 nitrogen and oxygen atoms in total. The van der Waals surface area contributed by atoms with Crippen molar-refractivity contribution in [1.82, 2.24) is 4.90 Å². The van der Waals surface area contributed by atoms with Gasteiger partial charge in [-0.15, -0.1) is 0 Å². The average Bonchev–Trinajstić information content (AvgIpc) is 2.90. The lowest BCUT2D eigenvalue weighted by Crippen LogP contribution is -2.30. The zero-order valence-corrected chi connectivity index (χ0v) is 10.7. The van der Waals surface area contributed by atoms with Crippen molar-refractivity contribution in [2.45, 2.75) is 6.54 Å². The first-order valence-electron chi connectivity index (χ1n) is 5.90. The van der Waals surface area contributed by atoms with Crippen molar-refractivity contribution in [3.8, 4) is 5.75 Å². The van der Waals surface area contributed by atoms with Gasteiger partial charge in [0.15, 0.2) is 6.61 Å². The third-order valence-corrected chi connectivity index (χ3v) is 2.67. The van der Waals surface area contributed by atoms with Gasteiger partial charge in [-0.3, -0.25) is 4.79 Å². The van der Waals surface area contributed by atoms with Gasteiger partial charge < -0.3 is 19.8 Å². The number of rotatable bonds is 5. The molecule has 0 saturated carbocycles. The minimum absolute atomic E-state index is 0.0502. The van der Waals surface area contributed by atoms with Crippen molar-refractivity contribution >= 4 is 11.6 Å². The number of hydrogen-bond acceptors (Lipinski definition) is 4. The van der Waals surface area contributed by atoms with E-state index in [2.05, 4.69) is 0 Å². The molecule has 19 heavy (non-hydrogen) atoms. The Bertz CT molecular complexity index is 537. The lowest BCUT2D eigenvalue weighted by molar-refractivity contribution is -0.132. The second kappa shape index (κ2) is 5.95. The van der Waals surface area contributed by atoms with Gasteiger partial charge in [-0.1, -0.05) is 12.1 Å². The molecule has 0 bridgehead atoms. The fourth-order valence-corrected chi connectivity index (χ4v) is 1.59. The number of benzene rings is 1. The van der Waals surface area contributed by atoms with Gasteiger partial charge in [0.2, 0.25) is 0 Å². The summed E-state index contributed by atoms with van der Waals surface area (Å²) in [4.78, 5) is 13.4. The number of amides is 1. The molecular weight excluding hydrogens is 244 g/mol. The van der Waals surface area contributed by atoms with Crippen molar-refractivity contribution in [2.24, 2.45) is 0 Å². The first kappa shape index (κ1) is 13.0. The molecule has 0 saturated heterocycles. The number of nitrogen functional groups attached to an aromatic ring is 1. The summed E-state index contributed by atoms with van der Waals surface area (Å²) in [5.41, 5.74) is 6.25. The number of anilines is 1. The number of carbonyl (C=O) groups excluding carboxylic acids is 1. The quantitative estimate of drug-likeness (QED) is 0.834. The van der Waals surface area contributed by atoms with Gasteiger partial charge in [-0.05, 0) is 24.3 Å². The van der Waals surface area contributed by atoms with Crippen LogP contribution in [0.2, 0.25) is 0 Å². The Kier molecular flexibility index (Phi) is 4.07. The number of carbonyl (C=O) groups is 1. The van der Waals surface area contributed by atoms with Crippen LogP contribution in [0, 0.1) is 0 Å². The number of furan rings is 1. The van der Waals surface area contributed by atoms with Crippen LogP contribution in [0.5, 0.6) is 5.75 Å². The standard InChI is InChI=1S/C14H16N2O3/c1-16(9-11-5-4-8-18-11)14(17)10-19-13-7-3-2-6-12(13)15/h2-8H,9-10,15H2,1H3. The first-order valence-corrected chi connectivity index (χ1v) is 5.90. The fourth-order valence-electron chi connectivity index (χ4n) is 1.59. The van der Waals surface area contributed by atoms with Crippen LogP contribution in [0.3, 0.4) is 0 Å². The molecule has 0 aliphatic heterocycles. The zero-order valence-electron chi connectivity index (χ0n) is 10.7. The summed E-state index contributed by atoms with van der Waals surface area (Å²) in [6.45, 7) is 0.366. The largest absolute Gasteiger partial charge is 0.482 e. The second-order valence-corrected chi connectivity index (χ2v) is 4.16. The molecular formula is C14H16N2O3. The second-order valence-electron chi connectivity index (χ2n) is 4.16. The minimum Gasteiger partial charge on any atom is -0.482 e. The number of nitrogens with two attached hydrogens (primary N) is 1. The van der Waals surface area contributed by atoms with Gasteiger partial charge >= 0.3 is 0 Å². The summed E-state index contributed by atoms with van der Waals surface area (Å²) >= 11 is 0. The Morgan fingerprint density at radius 2 is 2.11 bits per heavy atom. The molecule has 0 atom stereocenters. The molecule has 1 aromatic carbocycles. The SMILES string of the molecule is CN(Cc1ccco1)C(=O)COc1ccccc1N. The van der Waals surface area contributed by atoms with E-state index in [9.17, 15) is 4.79 Å². The molecule has 1 aromatic heterocycles. The van der Waals surface area contributed by atoms with Crippen LogP contribution < -0.4 is 10.5 Å². The maximum atomic E-state index is 11.9. The monoisotopic (exact) mass is 260 g/mol. The van der Waals surface area contributed by atoms with Crippen molar-refractivity contribution in [3.05, 3.63) is 48.4 Å². The summed E-state index contributed by atoms with van der Waals surface area (Å²) in [7, 11) is 1.70. The number of nitrogens with zero attached hydrogens (tertiary/aromatic N) is 1. The van der Waals surface area contributed by atoms with E-state index >= 15 is 0 Å². The Labute approximate surface area is 111 Å². The van der Waals surface area contributed by atoms with Crippen molar-refractivity contribution in [2.75, 3.05) is 19.4 Å². The van der Waals surface area contributed by atoms with E-state index in [0.29, 0.717) is 18.0 Å². The van der Waals surface area contributed by atoms with E-state index in [1.807, 2.05) is 18.2 Å². The highest BCUT2D eigenvalue weighted by Gasteiger charge is 2.12. The van der Waals surface area contributed by atoms with Crippen LogP contribution in [-0.2, 0) is 11.3 Å². The van der Waals surface area contributed by atoms with Crippen molar-refractivity contribution in [1.29, 1.82) is 0 Å². The summed E-state index contributed by atoms with van der Waals surface area (Å²) in [5, 5.41) is 0. The summed E-state index contributed by atoms with van der Waals surface area (Å²) in [5.74, 6) is 1.11. The predicted molar refractivity (Wildman–Crippen MR) is 71.5 cm³/mol. The van der Waals surface area contributed by atoms with Crippen molar-refractivity contribution < 1.29 is 13.9 Å². The van der Waals surface area contributed by atoms with E-state index in [-0.39, 0.29) is 12.5 Å². The van der Waals surface area contributed by atoms with E-state index in [1.165, 1.54) is 4.90 Å². The lowest BCUT2D eigenvalue weighted by Gasteiger charge is -2.16. The van der Waals surface area contributed by atoms with Gasteiger partial charge in [-0.25, -0.2) is 0 Å². The minimum atomic E-state index is -0.139. The molecule has 0 radical (unpaired) electrons. The average molecular weight is 260 g/mol. The first-order chi connectivity index (χ1) is 9.16. The molecule has 1 heterocycles. The molecule has 2 aromatic rings. The molecule has 1 amide bonds.